The molecule has 0 aliphatic carbocycles. The number of nitrogens with zero attached hydrogens (tertiary/aromatic N) is 4. The van der Waals surface area contributed by atoms with Crippen LogP contribution in [0.4, 0.5) is 0 Å². The van der Waals surface area contributed by atoms with Gasteiger partial charge in [0.25, 0.3) is 0 Å². The summed E-state index contributed by atoms with van der Waals surface area (Å²) in [6.45, 7) is 4.65. The molecular formula is C27H29ClN4O3. The lowest BCUT2D eigenvalue weighted by molar-refractivity contribution is -0.142. The van der Waals surface area contributed by atoms with Gasteiger partial charge in [0.2, 0.25) is 23.5 Å². The fraction of sp³-hybridized carbons (Fsp3) is 0.333. The molecule has 7 nitrogen and oxygen atoms in total. The van der Waals surface area contributed by atoms with E-state index in [4.69, 9.17) is 16.1 Å². The molecule has 0 saturated carbocycles. The lowest BCUT2D eigenvalue weighted by Gasteiger charge is -2.35. The van der Waals surface area contributed by atoms with Crippen LogP contribution in [0.5, 0.6) is 0 Å². The zero-order valence-corrected chi connectivity index (χ0v) is 20.4. The fourth-order valence-corrected chi connectivity index (χ4v) is 4.51. The molecule has 0 spiro atoms. The molecule has 182 valence electrons. The average molecular weight is 493 g/mol. The van der Waals surface area contributed by atoms with Gasteiger partial charge in [0.15, 0.2) is 0 Å². The van der Waals surface area contributed by atoms with E-state index in [0.29, 0.717) is 42.7 Å². The van der Waals surface area contributed by atoms with E-state index in [9.17, 15) is 9.59 Å². The highest BCUT2D eigenvalue weighted by Crippen LogP contribution is 2.31. The van der Waals surface area contributed by atoms with Gasteiger partial charge in [-0.2, -0.15) is 4.98 Å². The van der Waals surface area contributed by atoms with Crippen molar-refractivity contribution in [1.82, 2.24) is 19.9 Å². The van der Waals surface area contributed by atoms with E-state index in [-0.39, 0.29) is 24.4 Å². The van der Waals surface area contributed by atoms with Crippen molar-refractivity contribution in [3.05, 3.63) is 83.7 Å². The fourth-order valence-electron chi connectivity index (χ4n) is 4.32. The van der Waals surface area contributed by atoms with Gasteiger partial charge in [0.05, 0.1) is 0 Å². The maximum Gasteiger partial charge on any atom is 0.249 e. The first-order valence-corrected chi connectivity index (χ1v) is 12.2. The van der Waals surface area contributed by atoms with Crippen LogP contribution in [-0.4, -0.2) is 51.4 Å². The molecule has 1 fully saturated rings. The third-order valence-corrected chi connectivity index (χ3v) is 6.37. The highest BCUT2D eigenvalue weighted by Gasteiger charge is 2.33. The topological polar surface area (TPSA) is 79.5 Å². The van der Waals surface area contributed by atoms with Gasteiger partial charge in [-0.15, -0.1) is 6.58 Å². The molecule has 2 heterocycles. The molecule has 1 saturated heterocycles. The Morgan fingerprint density at radius 1 is 1.17 bits per heavy atom. The van der Waals surface area contributed by atoms with Crippen LogP contribution in [0.25, 0.3) is 11.4 Å². The lowest BCUT2D eigenvalue weighted by Crippen LogP contribution is -2.46. The van der Waals surface area contributed by atoms with Gasteiger partial charge < -0.3 is 14.3 Å². The molecule has 0 N–H and O–H groups in total. The summed E-state index contributed by atoms with van der Waals surface area (Å²) in [5.74, 6) is 0.632. The number of piperidine rings is 1. The summed E-state index contributed by atoms with van der Waals surface area (Å²) in [6.07, 6.45) is 5.18. The SMILES string of the molecule is C=CCN(CC(=O)N1CCCCC1c1nc(-c2cccc(Cl)c2)no1)C(=O)CCc1ccccc1. The molecular weight excluding hydrogens is 464 g/mol. The molecule has 1 atom stereocenters. The Balaban J connectivity index is 1.44. The van der Waals surface area contributed by atoms with E-state index < -0.39 is 0 Å². The predicted molar refractivity (Wildman–Crippen MR) is 135 cm³/mol. The first kappa shape index (κ1) is 24.7. The number of benzene rings is 2. The molecule has 35 heavy (non-hydrogen) atoms. The van der Waals surface area contributed by atoms with Gasteiger partial charge in [0, 0.05) is 30.1 Å². The normalized spacial score (nSPS) is 15.6. The number of likely N-dealkylation sites (tertiary alicyclic amines) is 1. The van der Waals surface area contributed by atoms with Crippen LogP contribution in [0.15, 0.2) is 71.8 Å². The van der Waals surface area contributed by atoms with E-state index in [2.05, 4.69) is 16.7 Å². The summed E-state index contributed by atoms with van der Waals surface area (Å²) in [7, 11) is 0. The number of rotatable bonds is 9. The monoisotopic (exact) mass is 492 g/mol. The Hall–Kier alpha value is -3.45. The van der Waals surface area contributed by atoms with Gasteiger partial charge >= 0.3 is 0 Å². The van der Waals surface area contributed by atoms with Crippen molar-refractivity contribution in [3.8, 4) is 11.4 Å². The number of carbonyl (C=O) groups excluding carboxylic acids is 2. The summed E-state index contributed by atoms with van der Waals surface area (Å²) in [4.78, 5) is 34.2. The molecule has 1 aliphatic rings. The lowest BCUT2D eigenvalue weighted by atomic mass is 10.0. The molecule has 3 aromatic rings. The summed E-state index contributed by atoms with van der Waals surface area (Å²) in [6, 6.07) is 16.8. The Bertz CT molecular complexity index is 1160. The molecule has 1 unspecified atom stereocenters. The summed E-state index contributed by atoms with van der Waals surface area (Å²) >= 11 is 6.09. The molecule has 1 aliphatic heterocycles. The molecule has 1 aromatic heterocycles. The van der Waals surface area contributed by atoms with E-state index >= 15 is 0 Å². The summed E-state index contributed by atoms with van der Waals surface area (Å²) in [5.41, 5.74) is 1.84. The largest absolute Gasteiger partial charge is 0.337 e. The minimum atomic E-state index is -0.318. The van der Waals surface area contributed by atoms with Crippen LogP contribution in [0.1, 0.15) is 43.2 Å². The third kappa shape index (κ3) is 6.36. The number of amides is 2. The number of carbonyl (C=O) groups is 2. The van der Waals surface area contributed by atoms with Crippen molar-refractivity contribution < 1.29 is 14.1 Å². The van der Waals surface area contributed by atoms with Crippen LogP contribution < -0.4 is 0 Å². The number of hydrogen-bond acceptors (Lipinski definition) is 5. The first-order chi connectivity index (χ1) is 17.0. The molecule has 2 aromatic carbocycles. The standard InChI is InChI=1S/C27H29ClN4O3/c1-2-16-31(24(33)15-14-20-9-4-3-5-10-20)19-25(34)32-17-7-6-13-23(32)27-29-26(30-35-27)21-11-8-12-22(28)18-21/h2-5,8-12,18,23H,1,6-7,13-17,19H2. The van der Waals surface area contributed by atoms with Crippen molar-refractivity contribution in [2.45, 2.75) is 38.1 Å². The second-order valence-corrected chi connectivity index (χ2v) is 9.05. The summed E-state index contributed by atoms with van der Waals surface area (Å²) in [5, 5.41) is 4.69. The zero-order valence-electron chi connectivity index (χ0n) is 19.6. The predicted octanol–water partition coefficient (Wildman–Crippen LogP) is 5.09. The van der Waals surface area contributed by atoms with E-state index in [1.54, 1.807) is 28.0 Å². The number of halogens is 1. The van der Waals surface area contributed by atoms with Crippen LogP contribution >= 0.6 is 11.6 Å². The molecule has 8 heteroatoms. The van der Waals surface area contributed by atoms with Crippen molar-refractivity contribution in [2.24, 2.45) is 0 Å². The van der Waals surface area contributed by atoms with Crippen LogP contribution in [0.2, 0.25) is 5.02 Å². The number of aryl methyl sites for hydroxylation is 1. The van der Waals surface area contributed by atoms with Gasteiger partial charge in [-0.25, -0.2) is 0 Å². The van der Waals surface area contributed by atoms with Crippen molar-refractivity contribution in [2.75, 3.05) is 19.6 Å². The Morgan fingerprint density at radius 3 is 2.77 bits per heavy atom. The Morgan fingerprint density at radius 2 is 2.00 bits per heavy atom. The minimum Gasteiger partial charge on any atom is -0.337 e. The van der Waals surface area contributed by atoms with Crippen LogP contribution in [0.3, 0.4) is 0 Å². The number of aromatic nitrogens is 2. The molecule has 0 radical (unpaired) electrons. The second-order valence-electron chi connectivity index (χ2n) is 8.61. The minimum absolute atomic E-state index is 0.00850. The van der Waals surface area contributed by atoms with E-state index in [0.717, 1.165) is 30.4 Å². The van der Waals surface area contributed by atoms with Crippen LogP contribution in [-0.2, 0) is 16.0 Å². The Kier molecular flexibility index (Phi) is 8.32. The highest BCUT2D eigenvalue weighted by molar-refractivity contribution is 6.30. The van der Waals surface area contributed by atoms with Gasteiger partial charge in [0.1, 0.15) is 12.6 Å². The Labute approximate surface area is 210 Å². The molecule has 0 bridgehead atoms. The van der Waals surface area contributed by atoms with E-state index in [1.165, 1.54) is 0 Å². The van der Waals surface area contributed by atoms with Gasteiger partial charge in [-0.3, -0.25) is 9.59 Å². The maximum absolute atomic E-state index is 13.4. The van der Waals surface area contributed by atoms with Crippen LogP contribution in [0, 0.1) is 0 Å². The van der Waals surface area contributed by atoms with Gasteiger partial charge in [-0.1, -0.05) is 65.3 Å². The van der Waals surface area contributed by atoms with E-state index in [1.807, 2.05) is 42.5 Å². The smallest absolute Gasteiger partial charge is 0.249 e. The molecule has 4 rings (SSSR count). The zero-order chi connectivity index (χ0) is 24.6. The quantitative estimate of drug-likeness (QED) is 0.389. The third-order valence-electron chi connectivity index (χ3n) is 6.13. The van der Waals surface area contributed by atoms with Crippen molar-refractivity contribution in [1.29, 1.82) is 0 Å². The highest BCUT2D eigenvalue weighted by atomic mass is 35.5. The second kappa shape index (κ2) is 11.8. The number of hydrogen-bond donors (Lipinski definition) is 0. The molecule has 2 amide bonds. The first-order valence-electron chi connectivity index (χ1n) is 11.9. The summed E-state index contributed by atoms with van der Waals surface area (Å²) < 4.78 is 5.57. The van der Waals surface area contributed by atoms with Gasteiger partial charge in [-0.05, 0) is 43.4 Å². The van der Waals surface area contributed by atoms with Crippen molar-refractivity contribution >= 4 is 23.4 Å². The average Bonchev–Trinajstić information content (AvgIpc) is 3.38. The van der Waals surface area contributed by atoms with Crippen molar-refractivity contribution in [3.63, 3.8) is 0 Å². The maximum atomic E-state index is 13.4.